The molecule has 0 unspecified atom stereocenters. The van der Waals surface area contributed by atoms with Gasteiger partial charge in [0.25, 0.3) is 0 Å². The monoisotopic (exact) mass is 389 g/mol. The quantitative estimate of drug-likeness (QED) is 0.454. The van der Waals surface area contributed by atoms with Crippen LogP contribution in [-0.4, -0.2) is 75.5 Å². The van der Waals surface area contributed by atoms with Crippen LogP contribution in [0.15, 0.2) is 29.3 Å². The fourth-order valence-electron chi connectivity index (χ4n) is 3.14. The van der Waals surface area contributed by atoms with Gasteiger partial charge in [-0.05, 0) is 17.7 Å². The Labute approximate surface area is 163 Å². The number of imide groups is 2. The lowest BCUT2D eigenvalue weighted by atomic mass is 10.1. The van der Waals surface area contributed by atoms with Crippen molar-refractivity contribution in [1.82, 2.24) is 10.2 Å². The number of benzene rings is 1. The van der Waals surface area contributed by atoms with E-state index in [4.69, 9.17) is 9.47 Å². The number of hydrogen-bond acceptors (Lipinski definition) is 6. The average Bonchev–Trinajstić information content (AvgIpc) is 2.71. The molecule has 0 bridgehead atoms. The topological polar surface area (TPSA) is 102 Å². The summed E-state index contributed by atoms with van der Waals surface area (Å²) in [7, 11) is 1.56. The predicted octanol–water partition coefficient (Wildman–Crippen LogP) is -1.12. The van der Waals surface area contributed by atoms with Crippen LogP contribution < -0.4 is 15.0 Å². The highest BCUT2D eigenvalue weighted by Crippen LogP contribution is 2.16. The Morgan fingerprint density at radius 2 is 1.96 bits per heavy atom. The average molecular weight is 389 g/mol. The van der Waals surface area contributed by atoms with Gasteiger partial charge in [0.05, 0.1) is 40.0 Å². The smallest absolute Gasteiger partial charge is 0.331 e. The molecule has 1 aromatic rings. The molecule has 2 fully saturated rings. The Balaban J connectivity index is 1.59. The predicted molar refractivity (Wildman–Crippen MR) is 100 cm³/mol. The molecule has 150 valence electrons. The molecule has 0 spiro atoms. The molecule has 9 heteroatoms. The zero-order valence-electron chi connectivity index (χ0n) is 15.8. The summed E-state index contributed by atoms with van der Waals surface area (Å²) in [6, 6.07) is 6.32. The lowest BCUT2D eigenvalue weighted by Crippen LogP contribution is -3.14. The van der Waals surface area contributed by atoms with E-state index in [0.29, 0.717) is 12.3 Å². The Morgan fingerprint density at radius 3 is 2.64 bits per heavy atom. The maximum absolute atomic E-state index is 12.7. The molecule has 1 atom stereocenters. The van der Waals surface area contributed by atoms with Crippen LogP contribution in [0.25, 0.3) is 0 Å². The molecule has 3 rings (SSSR count). The molecule has 2 aliphatic rings. The van der Waals surface area contributed by atoms with Gasteiger partial charge >= 0.3 is 6.03 Å². The normalized spacial score (nSPS) is 21.2. The SMILES string of the molecule is COc1ccc(CN2C(=O)NC(=O)[C@@H](C=NCC[NH+]3CCOCC3)C2=O)cc1. The Bertz CT molecular complexity index is 743. The molecule has 0 aliphatic carbocycles. The van der Waals surface area contributed by atoms with Gasteiger partial charge in [0.2, 0.25) is 11.8 Å². The van der Waals surface area contributed by atoms with E-state index in [0.717, 1.165) is 43.3 Å². The van der Waals surface area contributed by atoms with Crippen LogP contribution in [0.3, 0.4) is 0 Å². The third-order valence-corrected chi connectivity index (χ3v) is 4.84. The first-order valence-electron chi connectivity index (χ1n) is 9.29. The van der Waals surface area contributed by atoms with Crippen molar-refractivity contribution in [2.75, 3.05) is 46.5 Å². The molecule has 28 heavy (non-hydrogen) atoms. The Kier molecular flexibility index (Phi) is 6.72. The van der Waals surface area contributed by atoms with Gasteiger partial charge in [0.1, 0.15) is 18.8 Å². The van der Waals surface area contributed by atoms with Crippen LogP contribution >= 0.6 is 0 Å². The maximum Gasteiger partial charge on any atom is 0.331 e. The van der Waals surface area contributed by atoms with Crippen molar-refractivity contribution < 1.29 is 28.8 Å². The number of carbonyl (C=O) groups excluding carboxylic acids is 3. The van der Waals surface area contributed by atoms with Crippen molar-refractivity contribution in [3.05, 3.63) is 29.8 Å². The molecule has 2 heterocycles. The second-order valence-corrected chi connectivity index (χ2v) is 6.71. The van der Waals surface area contributed by atoms with Gasteiger partial charge < -0.3 is 14.4 Å². The van der Waals surface area contributed by atoms with E-state index < -0.39 is 23.8 Å². The minimum Gasteiger partial charge on any atom is -0.497 e. The molecule has 0 aromatic heterocycles. The summed E-state index contributed by atoms with van der Waals surface area (Å²) in [5.41, 5.74) is 0.755. The summed E-state index contributed by atoms with van der Waals surface area (Å²) < 4.78 is 10.4. The van der Waals surface area contributed by atoms with Crippen molar-refractivity contribution in [2.24, 2.45) is 10.9 Å². The van der Waals surface area contributed by atoms with Crippen molar-refractivity contribution in [2.45, 2.75) is 6.54 Å². The third-order valence-electron chi connectivity index (χ3n) is 4.84. The Hall–Kier alpha value is -2.78. The second kappa shape index (κ2) is 9.43. The zero-order valence-corrected chi connectivity index (χ0v) is 15.8. The highest BCUT2D eigenvalue weighted by atomic mass is 16.5. The standard InChI is InChI=1S/C19H24N4O5/c1-27-15-4-2-14(3-5-15)13-23-18(25)16(17(24)21-19(23)26)12-20-6-7-22-8-10-28-11-9-22/h2-5,12,16H,6-11,13H2,1H3,(H,21,24,26)/p+1/t16-/m1/s1. The molecule has 1 aromatic carbocycles. The van der Waals surface area contributed by atoms with Crippen molar-refractivity contribution in [3.63, 3.8) is 0 Å². The van der Waals surface area contributed by atoms with Crippen LogP contribution in [0.5, 0.6) is 5.75 Å². The molecule has 9 nitrogen and oxygen atoms in total. The van der Waals surface area contributed by atoms with Crippen LogP contribution in [0.4, 0.5) is 4.79 Å². The molecule has 2 aliphatic heterocycles. The minimum absolute atomic E-state index is 0.0736. The van der Waals surface area contributed by atoms with E-state index in [-0.39, 0.29) is 6.54 Å². The number of carbonyl (C=O) groups is 3. The van der Waals surface area contributed by atoms with E-state index in [2.05, 4.69) is 10.3 Å². The number of urea groups is 1. The van der Waals surface area contributed by atoms with Gasteiger partial charge in [0.15, 0.2) is 5.92 Å². The van der Waals surface area contributed by atoms with E-state index in [1.165, 1.54) is 11.1 Å². The van der Waals surface area contributed by atoms with E-state index in [9.17, 15) is 14.4 Å². The second-order valence-electron chi connectivity index (χ2n) is 6.71. The van der Waals surface area contributed by atoms with E-state index >= 15 is 0 Å². The zero-order chi connectivity index (χ0) is 19.9. The molecule has 4 amide bonds. The third kappa shape index (κ3) is 4.93. The first-order valence-corrected chi connectivity index (χ1v) is 9.29. The molecule has 0 radical (unpaired) electrons. The van der Waals surface area contributed by atoms with Crippen LogP contribution in [0.1, 0.15) is 5.56 Å². The van der Waals surface area contributed by atoms with Gasteiger partial charge in [-0.3, -0.25) is 24.8 Å². The van der Waals surface area contributed by atoms with Gasteiger partial charge in [-0.15, -0.1) is 0 Å². The number of barbiturate groups is 1. The minimum atomic E-state index is -1.09. The highest BCUT2D eigenvalue weighted by Gasteiger charge is 2.39. The number of nitrogens with one attached hydrogen (secondary N) is 2. The number of ether oxygens (including phenoxy) is 2. The first-order chi connectivity index (χ1) is 13.6. The van der Waals surface area contributed by atoms with Crippen LogP contribution in [-0.2, 0) is 20.9 Å². The summed E-state index contributed by atoms with van der Waals surface area (Å²) in [6.45, 7) is 4.75. The van der Waals surface area contributed by atoms with Crippen molar-refractivity contribution in [1.29, 1.82) is 0 Å². The Morgan fingerprint density at radius 1 is 1.25 bits per heavy atom. The molecule has 2 N–H and O–H groups in total. The number of quaternary nitrogens is 1. The van der Waals surface area contributed by atoms with E-state index in [1.807, 2.05) is 0 Å². The molecule has 2 saturated heterocycles. The van der Waals surface area contributed by atoms with Crippen LogP contribution in [0, 0.1) is 5.92 Å². The fraction of sp³-hybridized carbons (Fsp3) is 0.474. The first kappa shape index (κ1) is 20.0. The maximum atomic E-state index is 12.7. The lowest BCUT2D eigenvalue weighted by molar-refractivity contribution is -0.906. The number of rotatable bonds is 7. The number of methoxy groups -OCH3 is 1. The summed E-state index contributed by atoms with van der Waals surface area (Å²) in [6.07, 6.45) is 1.35. The van der Waals surface area contributed by atoms with Crippen LogP contribution in [0.2, 0.25) is 0 Å². The number of morpholine rings is 1. The van der Waals surface area contributed by atoms with Gasteiger partial charge in [-0.25, -0.2) is 4.79 Å². The summed E-state index contributed by atoms with van der Waals surface area (Å²) in [5, 5.41) is 2.23. The van der Waals surface area contributed by atoms with Crippen molar-refractivity contribution in [3.8, 4) is 5.75 Å². The largest absolute Gasteiger partial charge is 0.497 e. The number of nitrogens with zero attached hydrogens (tertiary/aromatic N) is 2. The van der Waals surface area contributed by atoms with Crippen molar-refractivity contribution >= 4 is 24.1 Å². The summed E-state index contributed by atoms with van der Waals surface area (Å²) in [4.78, 5) is 43.6. The highest BCUT2D eigenvalue weighted by molar-refractivity contribution is 6.23. The number of amides is 4. The molecular formula is C19H25N4O5+. The summed E-state index contributed by atoms with van der Waals surface area (Å²) in [5.74, 6) is -1.60. The van der Waals surface area contributed by atoms with Gasteiger partial charge in [-0.1, -0.05) is 12.1 Å². The van der Waals surface area contributed by atoms with Gasteiger partial charge in [0, 0.05) is 6.21 Å². The number of aliphatic imine (C=N–C) groups is 1. The fourth-order valence-corrected chi connectivity index (χ4v) is 3.14. The molecular weight excluding hydrogens is 364 g/mol. The summed E-state index contributed by atoms with van der Waals surface area (Å²) >= 11 is 0. The van der Waals surface area contributed by atoms with E-state index in [1.54, 1.807) is 31.4 Å². The molecule has 0 saturated carbocycles. The number of hydrogen-bond donors (Lipinski definition) is 2. The lowest BCUT2D eigenvalue weighted by Gasteiger charge is -2.28. The van der Waals surface area contributed by atoms with Gasteiger partial charge in [-0.2, -0.15) is 0 Å².